The van der Waals surface area contributed by atoms with Crippen LogP contribution in [0.5, 0.6) is 0 Å². The molecule has 6 heavy (non-hydrogen) atoms. The van der Waals surface area contributed by atoms with Crippen molar-refractivity contribution in [1.29, 1.82) is 0 Å². The van der Waals surface area contributed by atoms with Crippen LogP contribution in [0.2, 0.25) is 0 Å². The summed E-state index contributed by atoms with van der Waals surface area (Å²) in [5.41, 5.74) is -4.13. The van der Waals surface area contributed by atoms with Crippen LogP contribution < -0.4 is 0 Å². The van der Waals surface area contributed by atoms with Crippen LogP contribution in [0.4, 0.5) is 13.2 Å². The van der Waals surface area contributed by atoms with Gasteiger partial charge in [0.05, 0.1) is 0 Å². The maximum atomic E-state index is 10.7. The van der Waals surface area contributed by atoms with E-state index < -0.39 is 5.51 Å². The summed E-state index contributed by atoms with van der Waals surface area (Å²) in [5, 5.41) is 0. The lowest BCUT2D eigenvalue weighted by Gasteiger charge is -1.95. The van der Waals surface area contributed by atoms with Gasteiger partial charge in [0.1, 0.15) is 9.39 Å². The molecule has 0 N–H and O–H groups in total. The Morgan fingerprint density at radius 1 is 1.33 bits per heavy atom. The van der Waals surface area contributed by atoms with Crippen molar-refractivity contribution in [2.75, 3.05) is 0 Å². The smallest absolute Gasteiger partial charge is 0.161 e. The monoisotopic (exact) mass is 129 g/mol. The van der Waals surface area contributed by atoms with Crippen LogP contribution >= 0.6 is 11.2 Å². The number of alkyl halides is 3. The number of hydrogen-bond acceptors (Lipinski definition) is 1. The fourth-order valence-electron chi connectivity index (χ4n) is 0. The van der Waals surface area contributed by atoms with E-state index in [-0.39, 0.29) is 11.2 Å². The molecule has 3 radical (unpaired) electrons. The minimum Gasteiger partial charge on any atom is -0.161 e. The highest BCUT2D eigenvalue weighted by Gasteiger charge is 2.23. The molecule has 0 aliphatic heterocycles. The molecule has 0 rings (SSSR count). The lowest BCUT2D eigenvalue weighted by molar-refractivity contribution is -0.0313. The maximum absolute atomic E-state index is 10.7. The lowest BCUT2D eigenvalue weighted by Crippen LogP contribution is -1.97. The van der Waals surface area contributed by atoms with Gasteiger partial charge in [-0.3, -0.25) is 0 Å². The molecule has 0 aromatic heterocycles. The van der Waals surface area contributed by atoms with Crippen molar-refractivity contribution in [1.82, 2.24) is 0 Å². The van der Waals surface area contributed by atoms with Gasteiger partial charge in [-0.2, -0.15) is 13.2 Å². The first-order valence-corrected chi connectivity index (χ1v) is 3.02. The molecule has 0 aromatic carbocycles. The third-order valence-electron chi connectivity index (χ3n) is 0.116. The Morgan fingerprint density at radius 2 is 1.50 bits per heavy atom. The fourth-order valence-corrected chi connectivity index (χ4v) is 0. The molecule has 0 heterocycles. The Morgan fingerprint density at radius 3 is 1.50 bits per heavy atom. The van der Waals surface area contributed by atoms with Gasteiger partial charge in [0.15, 0.2) is 0 Å². The van der Waals surface area contributed by atoms with Gasteiger partial charge >= 0.3 is 5.51 Å². The zero-order valence-corrected chi connectivity index (χ0v) is 4.36. The quantitative estimate of drug-likeness (QED) is 0.444. The van der Waals surface area contributed by atoms with E-state index in [1.165, 1.54) is 0 Å². The highest BCUT2D eigenvalue weighted by atomic mass is 32.4. The molecular formula is CF3SSi. The van der Waals surface area contributed by atoms with Crippen molar-refractivity contribution in [3.8, 4) is 0 Å². The molecule has 0 bridgehead atoms. The minimum atomic E-state index is -4.13. The third-order valence-corrected chi connectivity index (χ3v) is 1.04. The summed E-state index contributed by atoms with van der Waals surface area (Å²) in [7, 11) is 2.20. The predicted octanol–water partition coefficient (Wildman–Crippen LogP) is 1.32. The molecule has 0 saturated heterocycles. The summed E-state index contributed by atoms with van der Waals surface area (Å²) in [6.45, 7) is 0. The molecule has 0 unspecified atom stereocenters. The van der Waals surface area contributed by atoms with Crippen molar-refractivity contribution in [2.24, 2.45) is 0 Å². The van der Waals surface area contributed by atoms with Crippen LogP contribution in [0, 0.1) is 0 Å². The van der Waals surface area contributed by atoms with Crippen molar-refractivity contribution >= 4 is 20.6 Å². The Labute approximate surface area is 40.2 Å². The van der Waals surface area contributed by atoms with Gasteiger partial charge in [-0.05, 0) is 0 Å². The molecule has 0 aromatic rings. The first kappa shape index (κ1) is 6.36. The molecular weight excluding hydrogens is 129 g/mol. The van der Waals surface area contributed by atoms with Gasteiger partial charge in [0.2, 0.25) is 0 Å². The molecule has 5 heteroatoms. The largest absolute Gasteiger partial charge is 0.435 e. The van der Waals surface area contributed by atoms with E-state index in [0.29, 0.717) is 0 Å². The zero-order chi connectivity index (χ0) is 5.21. The Bertz CT molecular complexity index is 40.5. The van der Waals surface area contributed by atoms with Crippen LogP contribution in [0.25, 0.3) is 0 Å². The Kier molecular flexibility index (Phi) is 1.99. The van der Waals surface area contributed by atoms with E-state index in [0.717, 1.165) is 0 Å². The number of halogens is 3. The van der Waals surface area contributed by atoms with Crippen LogP contribution in [-0.2, 0) is 0 Å². The normalized spacial score (nSPS) is 12.0. The van der Waals surface area contributed by atoms with Gasteiger partial charge < -0.3 is 0 Å². The van der Waals surface area contributed by atoms with E-state index in [9.17, 15) is 13.2 Å². The molecule has 0 aliphatic carbocycles. The van der Waals surface area contributed by atoms with Crippen molar-refractivity contribution in [2.45, 2.75) is 5.51 Å². The summed E-state index contributed by atoms with van der Waals surface area (Å²) in [5.74, 6) is 0. The Hall–Kier alpha value is 0.357. The molecule has 0 saturated carbocycles. The van der Waals surface area contributed by atoms with Crippen LogP contribution in [0.15, 0.2) is 0 Å². The van der Waals surface area contributed by atoms with E-state index in [1.54, 1.807) is 0 Å². The van der Waals surface area contributed by atoms with Crippen molar-refractivity contribution in [3.05, 3.63) is 0 Å². The average Bonchev–Trinajstić information content (AvgIpc) is 1.35. The molecule has 0 atom stereocenters. The zero-order valence-electron chi connectivity index (χ0n) is 2.54. The predicted molar refractivity (Wildman–Crippen MR) is 19.4 cm³/mol. The van der Waals surface area contributed by atoms with Gasteiger partial charge in [-0.25, -0.2) is 0 Å². The fraction of sp³-hybridized carbons (Fsp3) is 1.00. The highest BCUT2D eigenvalue weighted by molar-refractivity contribution is 8.20. The molecule has 0 nitrogen and oxygen atoms in total. The summed E-state index contributed by atoms with van der Waals surface area (Å²) >= 11 is -0.313. The van der Waals surface area contributed by atoms with Gasteiger partial charge in [-0.1, -0.05) is 11.2 Å². The second-order valence-electron chi connectivity index (χ2n) is 0.548. The van der Waals surface area contributed by atoms with Crippen molar-refractivity contribution in [3.63, 3.8) is 0 Å². The van der Waals surface area contributed by atoms with Gasteiger partial charge in [0.25, 0.3) is 0 Å². The van der Waals surface area contributed by atoms with E-state index >= 15 is 0 Å². The van der Waals surface area contributed by atoms with Crippen molar-refractivity contribution < 1.29 is 13.2 Å². The topological polar surface area (TPSA) is 0 Å². The van der Waals surface area contributed by atoms with Crippen LogP contribution in [0.1, 0.15) is 0 Å². The number of rotatable bonds is 0. The third kappa shape index (κ3) is 4.36. The molecule has 0 fully saturated rings. The first-order valence-electron chi connectivity index (χ1n) is 0.975. The summed E-state index contributed by atoms with van der Waals surface area (Å²) in [4.78, 5) is 0. The van der Waals surface area contributed by atoms with Crippen LogP contribution in [0.3, 0.4) is 0 Å². The van der Waals surface area contributed by atoms with Gasteiger partial charge in [-0.15, -0.1) is 0 Å². The van der Waals surface area contributed by atoms with E-state index in [2.05, 4.69) is 9.39 Å². The molecule has 0 amide bonds. The van der Waals surface area contributed by atoms with Gasteiger partial charge in [0, 0.05) is 0 Å². The lowest BCUT2D eigenvalue weighted by atomic mass is 11.6. The summed E-state index contributed by atoms with van der Waals surface area (Å²) < 4.78 is 32.1. The molecule has 0 aliphatic rings. The first-order chi connectivity index (χ1) is 2.56. The van der Waals surface area contributed by atoms with Crippen LogP contribution in [-0.4, -0.2) is 14.9 Å². The molecule has 0 spiro atoms. The van der Waals surface area contributed by atoms with E-state index in [1.807, 2.05) is 0 Å². The van der Waals surface area contributed by atoms with E-state index in [4.69, 9.17) is 0 Å². The second-order valence-corrected chi connectivity index (χ2v) is 1.83. The number of hydrogen-bond donors (Lipinski definition) is 0. The Balaban J connectivity index is 3.17. The SMILES string of the molecule is FC(F)(F)S[Si]. The standard InChI is InChI=1S/CF3SSi/c2-1(3,4)5-6. The minimum absolute atomic E-state index is 0.313. The summed E-state index contributed by atoms with van der Waals surface area (Å²) in [6.07, 6.45) is 0. The average molecular weight is 129 g/mol. The maximum Gasteiger partial charge on any atom is 0.435 e. The second kappa shape index (κ2) is 1.88. The highest BCUT2D eigenvalue weighted by Crippen LogP contribution is 2.25. The summed E-state index contributed by atoms with van der Waals surface area (Å²) in [6, 6.07) is 0. The molecule has 35 valence electrons.